The molecular formula is C22H27N3O4S. The minimum Gasteiger partial charge on any atom is -0.369 e. The first-order valence-corrected chi connectivity index (χ1v) is 11.4. The highest BCUT2D eigenvalue weighted by atomic mass is 32.2. The van der Waals surface area contributed by atoms with Crippen LogP contribution in [-0.4, -0.2) is 37.6 Å². The van der Waals surface area contributed by atoms with E-state index in [1.165, 1.54) is 28.6 Å². The fourth-order valence-electron chi connectivity index (χ4n) is 3.84. The lowest BCUT2D eigenvalue weighted by molar-refractivity contribution is -0.117. The first kappa shape index (κ1) is 22.0. The summed E-state index contributed by atoms with van der Waals surface area (Å²) in [5.41, 5.74) is 6.86. The van der Waals surface area contributed by atoms with E-state index in [4.69, 9.17) is 5.73 Å². The van der Waals surface area contributed by atoms with Gasteiger partial charge in [0.05, 0.1) is 11.3 Å². The molecule has 1 aliphatic heterocycles. The van der Waals surface area contributed by atoms with E-state index < -0.39 is 15.9 Å². The number of piperidine rings is 1. The van der Waals surface area contributed by atoms with Gasteiger partial charge in [0.15, 0.2) is 0 Å². The predicted octanol–water partition coefficient (Wildman–Crippen LogP) is 2.63. The molecule has 2 aromatic rings. The highest BCUT2D eigenvalue weighted by molar-refractivity contribution is 7.89. The van der Waals surface area contributed by atoms with E-state index in [9.17, 15) is 18.0 Å². The normalized spacial score (nSPS) is 19.9. The Balaban J connectivity index is 1.68. The quantitative estimate of drug-likeness (QED) is 0.735. The van der Waals surface area contributed by atoms with Crippen LogP contribution in [0, 0.1) is 11.8 Å². The Bertz CT molecular complexity index is 1010. The number of carbonyl (C=O) groups is 2. The predicted molar refractivity (Wildman–Crippen MR) is 115 cm³/mol. The van der Waals surface area contributed by atoms with Crippen molar-refractivity contribution in [2.45, 2.75) is 31.6 Å². The van der Waals surface area contributed by atoms with Crippen LogP contribution < -0.4 is 11.1 Å². The Kier molecular flexibility index (Phi) is 6.58. The molecule has 3 rings (SSSR count). The molecule has 7 nitrogen and oxygen atoms in total. The Labute approximate surface area is 177 Å². The Morgan fingerprint density at radius 2 is 1.57 bits per heavy atom. The third-order valence-electron chi connectivity index (χ3n) is 5.18. The summed E-state index contributed by atoms with van der Waals surface area (Å²) >= 11 is 0. The summed E-state index contributed by atoms with van der Waals surface area (Å²) in [7, 11) is -3.58. The smallest absolute Gasteiger partial charge is 0.255 e. The van der Waals surface area contributed by atoms with Crippen LogP contribution in [0.15, 0.2) is 53.4 Å². The van der Waals surface area contributed by atoms with Gasteiger partial charge in [0, 0.05) is 24.3 Å². The molecule has 1 saturated heterocycles. The van der Waals surface area contributed by atoms with Crippen molar-refractivity contribution in [1.82, 2.24) is 4.31 Å². The maximum atomic E-state index is 13.0. The monoisotopic (exact) mass is 429 g/mol. The number of sulfonamides is 1. The van der Waals surface area contributed by atoms with Crippen LogP contribution in [0.3, 0.4) is 0 Å². The largest absolute Gasteiger partial charge is 0.369 e. The molecule has 160 valence electrons. The number of carbonyl (C=O) groups excluding carboxylic acids is 2. The van der Waals surface area contributed by atoms with Gasteiger partial charge in [0.2, 0.25) is 15.9 Å². The molecule has 2 aromatic carbocycles. The molecular weight excluding hydrogens is 402 g/mol. The van der Waals surface area contributed by atoms with Crippen LogP contribution in [0.5, 0.6) is 0 Å². The van der Waals surface area contributed by atoms with Gasteiger partial charge in [0.1, 0.15) is 0 Å². The van der Waals surface area contributed by atoms with Gasteiger partial charge < -0.3 is 11.1 Å². The number of nitrogens with two attached hydrogens (primary N) is 1. The standard InChI is InChI=1S/C22H27N3O4S/c1-15-11-16(2)14-25(13-15)30(28,29)20-9-5-18(6-10-20)22(27)24-19-7-3-17(4-8-19)12-21(23)26/h3-10,15-16H,11-14H2,1-2H3,(H2,23,26)(H,24,27). The molecule has 0 saturated carbocycles. The molecule has 2 atom stereocenters. The number of amides is 2. The van der Waals surface area contributed by atoms with Crippen molar-refractivity contribution in [3.05, 3.63) is 59.7 Å². The van der Waals surface area contributed by atoms with Crippen molar-refractivity contribution >= 4 is 27.5 Å². The van der Waals surface area contributed by atoms with Crippen LogP contribution >= 0.6 is 0 Å². The Hall–Kier alpha value is -2.71. The average Bonchev–Trinajstić information content (AvgIpc) is 2.68. The van der Waals surface area contributed by atoms with Crippen molar-refractivity contribution < 1.29 is 18.0 Å². The van der Waals surface area contributed by atoms with Crippen LogP contribution in [0.2, 0.25) is 0 Å². The molecule has 8 heteroatoms. The van der Waals surface area contributed by atoms with Crippen molar-refractivity contribution in [1.29, 1.82) is 0 Å². The molecule has 0 aliphatic carbocycles. The second-order valence-electron chi connectivity index (χ2n) is 8.09. The lowest BCUT2D eigenvalue weighted by atomic mass is 9.94. The molecule has 1 aliphatic rings. The number of nitrogens with zero attached hydrogens (tertiary/aromatic N) is 1. The van der Waals surface area contributed by atoms with Gasteiger partial charge in [-0.2, -0.15) is 4.31 Å². The van der Waals surface area contributed by atoms with E-state index in [2.05, 4.69) is 19.2 Å². The third-order valence-corrected chi connectivity index (χ3v) is 7.03. The van der Waals surface area contributed by atoms with E-state index in [1.807, 2.05) is 0 Å². The minimum atomic E-state index is -3.58. The van der Waals surface area contributed by atoms with Crippen molar-refractivity contribution in [2.75, 3.05) is 18.4 Å². The third kappa shape index (κ3) is 5.25. The summed E-state index contributed by atoms with van der Waals surface area (Å²) in [6.45, 7) is 5.15. The van der Waals surface area contributed by atoms with Crippen LogP contribution in [-0.2, 0) is 21.2 Å². The summed E-state index contributed by atoms with van der Waals surface area (Å²) in [6.07, 6.45) is 1.16. The number of anilines is 1. The molecule has 0 spiro atoms. The first-order chi connectivity index (χ1) is 14.1. The zero-order valence-electron chi connectivity index (χ0n) is 17.2. The van der Waals surface area contributed by atoms with Gasteiger partial charge in [0.25, 0.3) is 5.91 Å². The summed E-state index contributed by atoms with van der Waals surface area (Å²) in [5, 5.41) is 2.76. The van der Waals surface area contributed by atoms with Crippen molar-refractivity contribution in [2.24, 2.45) is 17.6 Å². The molecule has 0 radical (unpaired) electrons. The number of hydrogen-bond donors (Lipinski definition) is 2. The molecule has 1 heterocycles. The van der Waals surface area contributed by atoms with Crippen LogP contribution in [0.1, 0.15) is 36.2 Å². The molecule has 2 amide bonds. The summed E-state index contributed by atoms with van der Waals surface area (Å²) in [6, 6.07) is 12.8. The van der Waals surface area contributed by atoms with Crippen LogP contribution in [0.4, 0.5) is 5.69 Å². The van der Waals surface area contributed by atoms with Gasteiger partial charge in [-0.05, 0) is 60.2 Å². The van der Waals surface area contributed by atoms with E-state index in [1.54, 1.807) is 24.3 Å². The minimum absolute atomic E-state index is 0.138. The van der Waals surface area contributed by atoms with Crippen molar-refractivity contribution in [3.63, 3.8) is 0 Å². The molecule has 1 fully saturated rings. The topological polar surface area (TPSA) is 110 Å². The highest BCUT2D eigenvalue weighted by Crippen LogP contribution is 2.26. The fraction of sp³-hybridized carbons (Fsp3) is 0.364. The lowest BCUT2D eigenvalue weighted by Gasteiger charge is -2.34. The zero-order chi connectivity index (χ0) is 21.9. The molecule has 2 unspecified atom stereocenters. The Morgan fingerprint density at radius 3 is 2.10 bits per heavy atom. The number of primary amides is 1. The lowest BCUT2D eigenvalue weighted by Crippen LogP contribution is -2.42. The van der Waals surface area contributed by atoms with Crippen molar-refractivity contribution in [3.8, 4) is 0 Å². The van der Waals surface area contributed by atoms with Gasteiger partial charge in [-0.25, -0.2) is 8.42 Å². The van der Waals surface area contributed by atoms with Gasteiger partial charge in [-0.15, -0.1) is 0 Å². The highest BCUT2D eigenvalue weighted by Gasteiger charge is 2.31. The van der Waals surface area contributed by atoms with E-state index in [-0.39, 0.29) is 17.2 Å². The fourth-order valence-corrected chi connectivity index (χ4v) is 5.52. The van der Waals surface area contributed by atoms with E-state index >= 15 is 0 Å². The number of hydrogen-bond acceptors (Lipinski definition) is 4. The van der Waals surface area contributed by atoms with Crippen LogP contribution in [0.25, 0.3) is 0 Å². The molecule has 0 aromatic heterocycles. The maximum Gasteiger partial charge on any atom is 0.255 e. The van der Waals surface area contributed by atoms with Gasteiger partial charge in [-0.1, -0.05) is 26.0 Å². The van der Waals surface area contributed by atoms with Gasteiger partial charge in [-0.3, -0.25) is 9.59 Å². The summed E-state index contributed by atoms with van der Waals surface area (Å²) < 4.78 is 27.4. The Morgan fingerprint density at radius 1 is 1.00 bits per heavy atom. The van der Waals surface area contributed by atoms with E-state index in [0.717, 1.165) is 12.0 Å². The molecule has 0 bridgehead atoms. The first-order valence-electron chi connectivity index (χ1n) is 9.94. The summed E-state index contributed by atoms with van der Waals surface area (Å²) in [5.74, 6) is -0.122. The average molecular weight is 430 g/mol. The second kappa shape index (κ2) is 8.97. The number of nitrogens with one attached hydrogen (secondary N) is 1. The maximum absolute atomic E-state index is 13.0. The zero-order valence-corrected chi connectivity index (χ0v) is 18.0. The molecule has 30 heavy (non-hydrogen) atoms. The SMILES string of the molecule is CC1CC(C)CN(S(=O)(=O)c2ccc(C(=O)Nc3ccc(CC(N)=O)cc3)cc2)C1. The number of benzene rings is 2. The second-order valence-corrected chi connectivity index (χ2v) is 10.0. The molecule has 3 N–H and O–H groups in total. The van der Waals surface area contributed by atoms with Gasteiger partial charge >= 0.3 is 0 Å². The summed E-state index contributed by atoms with van der Waals surface area (Å²) in [4.78, 5) is 23.6. The van der Waals surface area contributed by atoms with E-state index in [0.29, 0.717) is 36.2 Å². The number of rotatable bonds is 6.